The minimum absolute atomic E-state index is 0.242. The van der Waals surface area contributed by atoms with Gasteiger partial charge >= 0.3 is 0 Å². The molecule has 4 rings (SSSR count). The first-order valence-electron chi connectivity index (χ1n) is 10.8. The number of ether oxygens (including phenoxy) is 2. The fourth-order valence-electron chi connectivity index (χ4n) is 3.62. The first kappa shape index (κ1) is 24.3. The lowest BCUT2D eigenvalue weighted by Crippen LogP contribution is -2.36. The van der Waals surface area contributed by atoms with Crippen LogP contribution < -0.4 is 15.0 Å². The molecule has 10 heteroatoms. The molecule has 2 aromatic carbocycles. The standard InChI is InChI=1S/C24H24BrN3O5S/c1-2-33-20-8-3-17(25)13-16(20)14-21-23(30)28(24(31)34-21)15-22(29)26-18-4-6-19(7-5-18)27-9-11-32-12-10-27/h3-8,13-14H,2,9-12,15H2,1H3,(H,26,29)/b21-14+. The van der Waals surface area contributed by atoms with Crippen molar-refractivity contribution < 1.29 is 23.9 Å². The van der Waals surface area contributed by atoms with Crippen molar-refractivity contribution in [1.29, 1.82) is 0 Å². The summed E-state index contributed by atoms with van der Waals surface area (Å²) in [4.78, 5) is 41.3. The van der Waals surface area contributed by atoms with Gasteiger partial charge in [-0.25, -0.2) is 0 Å². The van der Waals surface area contributed by atoms with Crippen molar-refractivity contribution >= 4 is 62.2 Å². The maximum atomic E-state index is 12.8. The van der Waals surface area contributed by atoms with Crippen LogP contribution in [-0.4, -0.2) is 61.4 Å². The van der Waals surface area contributed by atoms with Crippen LogP contribution in [0, 0.1) is 0 Å². The SMILES string of the molecule is CCOc1ccc(Br)cc1/C=C1/SC(=O)N(CC(=O)Nc2ccc(N3CCOCC3)cc2)C1=O. The Morgan fingerprint density at radius 2 is 1.91 bits per heavy atom. The molecule has 34 heavy (non-hydrogen) atoms. The van der Waals surface area contributed by atoms with Gasteiger partial charge in [0.15, 0.2) is 0 Å². The third-order valence-corrected chi connectivity index (χ3v) is 6.66. The zero-order valence-electron chi connectivity index (χ0n) is 18.6. The van der Waals surface area contributed by atoms with Gasteiger partial charge in [0.1, 0.15) is 12.3 Å². The lowest BCUT2D eigenvalue weighted by molar-refractivity contribution is -0.127. The number of benzene rings is 2. The van der Waals surface area contributed by atoms with Gasteiger partial charge in [0.05, 0.1) is 24.7 Å². The number of halogens is 1. The quantitative estimate of drug-likeness (QED) is 0.517. The predicted octanol–water partition coefficient (Wildman–Crippen LogP) is 4.36. The van der Waals surface area contributed by atoms with Gasteiger partial charge in [-0.05, 0) is 67.2 Å². The highest BCUT2D eigenvalue weighted by atomic mass is 79.9. The summed E-state index contributed by atoms with van der Waals surface area (Å²) in [5.74, 6) is -0.342. The summed E-state index contributed by atoms with van der Waals surface area (Å²) < 4.78 is 11.8. The Kier molecular flexibility index (Phi) is 7.91. The summed E-state index contributed by atoms with van der Waals surface area (Å²) in [7, 11) is 0. The number of rotatable bonds is 7. The van der Waals surface area contributed by atoms with Crippen molar-refractivity contribution in [2.45, 2.75) is 6.92 Å². The van der Waals surface area contributed by atoms with E-state index in [-0.39, 0.29) is 11.4 Å². The van der Waals surface area contributed by atoms with Crippen molar-refractivity contribution in [3.05, 3.63) is 57.4 Å². The average Bonchev–Trinajstić information content (AvgIpc) is 3.09. The van der Waals surface area contributed by atoms with E-state index in [0.717, 1.165) is 39.9 Å². The molecule has 0 radical (unpaired) electrons. The summed E-state index contributed by atoms with van der Waals surface area (Å²) in [6.07, 6.45) is 1.61. The average molecular weight is 546 g/mol. The second kappa shape index (κ2) is 11.1. The molecule has 0 spiro atoms. The Hall–Kier alpha value is -2.82. The molecule has 3 amide bonds. The smallest absolute Gasteiger partial charge is 0.294 e. The molecule has 8 nitrogen and oxygen atoms in total. The Balaban J connectivity index is 1.40. The molecule has 0 saturated carbocycles. The molecule has 0 atom stereocenters. The highest BCUT2D eigenvalue weighted by Crippen LogP contribution is 2.35. The molecule has 2 saturated heterocycles. The molecule has 1 N–H and O–H groups in total. The monoisotopic (exact) mass is 545 g/mol. The van der Waals surface area contributed by atoms with Crippen LogP contribution in [-0.2, 0) is 14.3 Å². The third kappa shape index (κ3) is 5.81. The van der Waals surface area contributed by atoms with Gasteiger partial charge < -0.3 is 19.7 Å². The molecule has 2 fully saturated rings. The van der Waals surface area contributed by atoms with Gasteiger partial charge in [-0.2, -0.15) is 0 Å². The molecule has 2 aliphatic heterocycles. The highest BCUT2D eigenvalue weighted by molar-refractivity contribution is 9.10. The first-order valence-corrected chi connectivity index (χ1v) is 12.5. The van der Waals surface area contributed by atoms with Crippen LogP contribution in [0.25, 0.3) is 6.08 Å². The van der Waals surface area contributed by atoms with E-state index in [1.807, 2.05) is 31.2 Å². The predicted molar refractivity (Wildman–Crippen MR) is 136 cm³/mol. The molecular formula is C24H24BrN3O5S. The van der Waals surface area contributed by atoms with Gasteiger partial charge in [0, 0.05) is 34.5 Å². The van der Waals surface area contributed by atoms with Crippen molar-refractivity contribution in [3.8, 4) is 5.75 Å². The minimum Gasteiger partial charge on any atom is -0.493 e. The van der Waals surface area contributed by atoms with Crippen molar-refractivity contribution in [2.24, 2.45) is 0 Å². The maximum absolute atomic E-state index is 12.8. The van der Waals surface area contributed by atoms with Crippen LogP contribution in [0.2, 0.25) is 0 Å². The molecule has 2 heterocycles. The zero-order valence-corrected chi connectivity index (χ0v) is 21.0. The van der Waals surface area contributed by atoms with E-state index in [2.05, 4.69) is 26.1 Å². The summed E-state index contributed by atoms with van der Waals surface area (Å²) in [6, 6.07) is 12.9. The van der Waals surface area contributed by atoms with E-state index >= 15 is 0 Å². The van der Waals surface area contributed by atoms with Gasteiger partial charge in [-0.3, -0.25) is 19.3 Å². The summed E-state index contributed by atoms with van der Waals surface area (Å²) >= 11 is 4.22. The molecule has 2 aromatic rings. The molecule has 2 aliphatic rings. The van der Waals surface area contributed by atoms with E-state index in [1.165, 1.54) is 0 Å². The third-order valence-electron chi connectivity index (χ3n) is 5.26. The van der Waals surface area contributed by atoms with Crippen LogP contribution in [0.3, 0.4) is 0 Å². The molecular weight excluding hydrogens is 522 g/mol. The number of carbonyl (C=O) groups excluding carboxylic acids is 3. The van der Waals surface area contributed by atoms with Crippen LogP contribution in [0.5, 0.6) is 5.75 Å². The second-order valence-electron chi connectivity index (χ2n) is 7.58. The van der Waals surface area contributed by atoms with Crippen LogP contribution in [0.4, 0.5) is 16.2 Å². The first-order chi connectivity index (χ1) is 16.4. The summed E-state index contributed by atoms with van der Waals surface area (Å²) in [6.45, 7) is 5.02. The number of amides is 3. The topological polar surface area (TPSA) is 88.2 Å². The largest absolute Gasteiger partial charge is 0.493 e. The molecule has 0 aliphatic carbocycles. The Bertz CT molecular complexity index is 1120. The van der Waals surface area contributed by atoms with Gasteiger partial charge in [0.2, 0.25) is 5.91 Å². The van der Waals surface area contributed by atoms with Gasteiger partial charge in [0.25, 0.3) is 11.1 Å². The van der Waals surface area contributed by atoms with E-state index in [1.54, 1.807) is 24.3 Å². The normalized spacial score (nSPS) is 17.4. The number of carbonyl (C=O) groups is 3. The number of morpholine rings is 1. The number of nitrogens with zero attached hydrogens (tertiary/aromatic N) is 2. The Labute approximate surface area is 210 Å². The summed E-state index contributed by atoms with van der Waals surface area (Å²) in [5.41, 5.74) is 2.32. The number of thioether (sulfide) groups is 1. The molecule has 0 bridgehead atoms. The molecule has 0 unspecified atom stereocenters. The fraction of sp³-hybridized carbons (Fsp3) is 0.292. The lowest BCUT2D eigenvalue weighted by Gasteiger charge is -2.28. The van der Waals surface area contributed by atoms with E-state index < -0.39 is 17.1 Å². The van der Waals surface area contributed by atoms with Crippen LogP contribution in [0.1, 0.15) is 12.5 Å². The summed E-state index contributed by atoms with van der Waals surface area (Å²) in [5, 5.41) is 2.27. The van der Waals surface area contributed by atoms with Crippen LogP contribution >= 0.6 is 27.7 Å². The zero-order chi connectivity index (χ0) is 24.1. The number of imide groups is 1. The lowest BCUT2D eigenvalue weighted by atomic mass is 10.2. The number of hydrogen-bond donors (Lipinski definition) is 1. The van der Waals surface area contributed by atoms with E-state index in [9.17, 15) is 14.4 Å². The van der Waals surface area contributed by atoms with Crippen molar-refractivity contribution in [2.75, 3.05) is 49.7 Å². The van der Waals surface area contributed by atoms with Crippen LogP contribution in [0.15, 0.2) is 51.8 Å². The van der Waals surface area contributed by atoms with Crippen molar-refractivity contribution in [3.63, 3.8) is 0 Å². The number of nitrogens with one attached hydrogen (secondary N) is 1. The Morgan fingerprint density at radius 1 is 1.18 bits per heavy atom. The Morgan fingerprint density at radius 3 is 2.62 bits per heavy atom. The molecule has 0 aromatic heterocycles. The second-order valence-corrected chi connectivity index (χ2v) is 9.49. The minimum atomic E-state index is -0.504. The number of anilines is 2. The van der Waals surface area contributed by atoms with Gasteiger partial charge in [-0.15, -0.1) is 0 Å². The maximum Gasteiger partial charge on any atom is 0.294 e. The van der Waals surface area contributed by atoms with E-state index in [0.29, 0.717) is 36.8 Å². The van der Waals surface area contributed by atoms with E-state index in [4.69, 9.17) is 9.47 Å². The van der Waals surface area contributed by atoms with Gasteiger partial charge in [-0.1, -0.05) is 15.9 Å². The molecule has 178 valence electrons. The number of hydrogen-bond acceptors (Lipinski definition) is 7. The fourth-order valence-corrected chi connectivity index (χ4v) is 4.83. The highest BCUT2D eigenvalue weighted by Gasteiger charge is 2.36. The van der Waals surface area contributed by atoms with Crippen molar-refractivity contribution in [1.82, 2.24) is 4.90 Å².